The zero-order chi connectivity index (χ0) is 14.5. The van der Waals surface area contributed by atoms with Gasteiger partial charge in [0.05, 0.1) is 17.3 Å². The van der Waals surface area contributed by atoms with Crippen molar-refractivity contribution in [1.82, 2.24) is 0 Å². The molecule has 0 unspecified atom stereocenters. The molecule has 0 radical (unpaired) electrons. The van der Waals surface area contributed by atoms with Crippen molar-refractivity contribution < 1.29 is 4.74 Å². The summed E-state index contributed by atoms with van der Waals surface area (Å²) in [6.45, 7) is 5.43. The number of rotatable bonds is 5. The van der Waals surface area contributed by atoms with Crippen LogP contribution in [0.5, 0.6) is 5.75 Å². The van der Waals surface area contributed by atoms with Gasteiger partial charge in [0.1, 0.15) is 5.75 Å². The van der Waals surface area contributed by atoms with Crippen molar-refractivity contribution in [3.63, 3.8) is 0 Å². The van der Waals surface area contributed by atoms with E-state index in [1.807, 2.05) is 37.3 Å². The second-order valence-corrected chi connectivity index (χ2v) is 5.80. The molecule has 0 aliphatic heterocycles. The molecule has 0 bridgehead atoms. The van der Waals surface area contributed by atoms with Crippen LogP contribution in [0.15, 0.2) is 40.9 Å². The van der Waals surface area contributed by atoms with E-state index < -0.39 is 0 Å². The highest BCUT2D eigenvalue weighted by Gasteiger charge is 2.04. The summed E-state index contributed by atoms with van der Waals surface area (Å²) in [5.41, 5.74) is 3.35. The first-order chi connectivity index (χ1) is 9.60. The van der Waals surface area contributed by atoms with Crippen LogP contribution >= 0.6 is 27.5 Å². The lowest BCUT2D eigenvalue weighted by Crippen LogP contribution is -2.03. The number of hydrogen-bond acceptors (Lipinski definition) is 2. The molecule has 0 saturated carbocycles. The van der Waals surface area contributed by atoms with Gasteiger partial charge >= 0.3 is 0 Å². The highest BCUT2D eigenvalue weighted by Crippen LogP contribution is 2.27. The molecule has 1 N–H and O–H groups in total. The number of aryl methyl sites for hydroxylation is 1. The Kier molecular flexibility index (Phi) is 5.32. The normalized spacial score (nSPS) is 10.4. The van der Waals surface area contributed by atoms with Gasteiger partial charge in [-0.25, -0.2) is 0 Å². The predicted octanol–water partition coefficient (Wildman–Crippen LogP) is 5.42. The molecule has 0 atom stereocenters. The number of hydrogen-bond donors (Lipinski definition) is 1. The largest absolute Gasteiger partial charge is 0.492 e. The minimum atomic E-state index is 0.657. The fourth-order valence-electron chi connectivity index (χ4n) is 1.90. The van der Waals surface area contributed by atoms with Gasteiger partial charge in [-0.1, -0.05) is 23.7 Å². The summed E-state index contributed by atoms with van der Waals surface area (Å²) in [5.74, 6) is 0.889. The van der Waals surface area contributed by atoms with E-state index in [0.29, 0.717) is 6.61 Å². The maximum absolute atomic E-state index is 5.99. The molecule has 0 heterocycles. The SMILES string of the molecule is CCOc1cc(C)ccc1NCc1ccc(Cl)c(Br)c1. The van der Waals surface area contributed by atoms with E-state index in [1.165, 1.54) is 5.56 Å². The van der Waals surface area contributed by atoms with E-state index in [4.69, 9.17) is 16.3 Å². The van der Waals surface area contributed by atoms with Gasteiger partial charge in [0, 0.05) is 11.0 Å². The van der Waals surface area contributed by atoms with Crippen molar-refractivity contribution in [2.75, 3.05) is 11.9 Å². The molecule has 2 aromatic carbocycles. The Morgan fingerprint density at radius 1 is 1.20 bits per heavy atom. The lowest BCUT2D eigenvalue weighted by atomic mass is 10.2. The Bertz CT molecular complexity index is 601. The van der Waals surface area contributed by atoms with Gasteiger partial charge in [0.15, 0.2) is 0 Å². The van der Waals surface area contributed by atoms with Crippen LogP contribution in [-0.2, 0) is 6.54 Å². The van der Waals surface area contributed by atoms with Gasteiger partial charge in [-0.05, 0) is 65.2 Å². The number of ether oxygens (including phenoxy) is 1. The van der Waals surface area contributed by atoms with E-state index in [2.05, 4.69) is 34.2 Å². The molecule has 0 spiro atoms. The molecule has 2 nitrogen and oxygen atoms in total. The van der Waals surface area contributed by atoms with Gasteiger partial charge < -0.3 is 10.1 Å². The van der Waals surface area contributed by atoms with Crippen molar-refractivity contribution in [2.24, 2.45) is 0 Å². The number of anilines is 1. The van der Waals surface area contributed by atoms with Gasteiger partial charge in [-0.2, -0.15) is 0 Å². The van der Waals surface area contributed by atoms with Gasteiger partial charge in [0.25, 0.3) is 0 Å². The van der Waals surface area contributed by atoms with Crippen LogP contribution in [0, 0.1) is 6.92 Å². The third-order valence-electron chi connectivity index (χ3n) is 2.90. The first-order valence-corrected chi connectivity index (χ1v) is 7.68. The third-order valence-corrected chi connectivity index (χ3v) is 4.12. The third kappa shape index (κ3) is 3.90. The fourth-order valence-corrected chi connectivity index (χ4v) is 2.44. The molecule has 0 aromatic heterocycles. The van der Waals surface area contributed by atoms with Crippen LogP contribution in [0.2, 0.25) is 5.02 Å². The lowest BCUT2D eigenvalue weighted by molar-refractivity contribution is 0.341. The molecule has 2 aromatic rings. The summed E-state index contributed by atoms with van der Waals surface area (Å²) in [5, 5.41) is 4.12. The minimum Gasteiger partial charge on any atom is -0.492 e. The standard InChI is InChI=1S/C16H17BrClNO/c1-3-20-16-8-11(2)4-7-15(16)19-10-12-5-6-14(18)13(17)9-12/h4-9,19H,3,10H2,1-2H3. The highest BCUT2D eigenvalue weighted by molar-refractivity contribution is 9.10. The summed E-state index contributed by atoms with van der Waals surface area (Å²) < 4.78 is 6.57. The Labute approximate surface area is 133 Å². The van der Waals surface area contributed by atoms with Crippen LogP contribution in [0.4, 0.5) is 5.69 Å². The zero-order valence-electron chi connectivity index (χ0n) is 11.5. The van der Waals surface area contributed by atoms with Crippen molar-refractivity contribution in [1.29, 1.82) is 0 Å². The maximum atomic E-state index is 5.99. The first kappa shape index (κ1) is 15.2. The van der Waals surface area contributed by atoms with Crippen LogP contribution in [0.1, 0.15) is 18.1 Å². The molecule has 0 aliphatic rings. The van der Waals surface area contributed by atoms with Crippen LogP contribution in [-0.4, -0.2) is 6.61 Å². The van der Waals surface area contributed by atoms with Gasteiger partial charge in [-0.15, -0.1) is 0 Å². The van der Waals surface area contributed by atoms with Crippen LogP contribution in [0.3, 0.4) is 0 Å². The molecule has 0 fully saturated rings. The number of benzene rings is 2. The molecule has 106 valence electrons. The van der Waals surface area contributed by atoms with E-state index in [-0.39, 0.29) is 0 Å². The molecule has 0 saturated heterocycles. The van der Waals surface area contributed by atoms with Crippen molar-refractivity contribution in [2.45, 2.75) is 20.4 Å². The summed E-state index contributed by atoms with van der Waals surface area (Å²) in [6.07, 6.45) is 0. The van der Waals surface area contributed by atoms with Crippen LogP contribution in [0.25, 0.3) is 0 Å². The Morgan fingerprint density at radius 3 is 2.70 bits per heavy atom. The Hall–Kier alpha value is -1.19. The smallest absolute Gasteiger partial charge is 0.142 e. The van der Waals surface area contributed by atoms with Crippen molar-refractivity contribution >= 4 is 33.2 Å². The predicted molar refractivity (Wildman–Crippen MR) is 88.8 cm³/mol. The number of nitrogens with one attached hydrogen (secondary N) is 1. The summed E-state index contributed by atoms with van der Waals surface area (Å²) in [7, 11) is 0. The highest BCUT2D eigenvalue weighted by atomic mass is 79.9. The second-order valence-electron chi connectivity index (χ2n) is 4.53. The Morgan fingerprint density at radius 2 is 2.00 bits per heavy atom. The van der Waals surface area contributed by atoms with Gasteiger partial charge in [0.2, 0.25) is 0 Å². The first-order valence-electron chi connectivity index (χ1n) is 6.51. The van der Waals surface area contributed by atoms with E-state index in [0.717, 1.165) is 33.0 Å². The van der Waals surface area contributed by atoms with Crippen LogP contribution < -0.4 is 10.1 Å². The molecule has 4 heteroatoms. The maximum Gasteiger partial charge on any atom is 0.142 e. The monoisotopic (exact) mass is 353 g/mol. The molecular weight excluding hydrogens is 338 g/mol. The Balaban J connectivity index is 2.11. The molecular formula is C16H17BrClNO. The second kappa shape index (κ2) is 7.00. The average Bonchev–Trinajstić information content (AvgIpc) is 2.42. The van der Waals surface area contributed by atoms with E-state index in [1.54, 1.807) is 0 Å². The topological polar surface area (TPSA) is 21.3 Å². The quantitative estimate of drug-likeness (QED) is 0.774. The van der Waals surface area contributed by atoms with E-state index in [9.17, 15) is 0 Å². The molecule has 0 aliphatic carbocycles. The van der Waals surface area contributed by atoms with E-state index >= 15 is 0 Å². The zero-order valence-corrected chi connectivity index (χ0v) is 13.9. The summed E-state index contributed by atoms with van der Waals surface area (Å²) in [6, 6.07) is 12.1. The molecule has 2 rings (SSSR count). The summed E-state index contributed by atoms with van der Waals surface area (Å²) >= 11 is 9.43. The summed E-state index contributed by atoms with van der Waals surface area (Å²) in [4.78, 5) is 0. The lowest BCUT2D eigenvalue weighted by Gasteiger charge is -2.13. The van der Waals surface area contributed by atoms with Crippen molar-refractivity contribution in [3.05, 3.63) is 57.0 Å². The molecule has 0 amide bonds. The van der Waals surface area contributed by atoms with Gasteiger partial charge in [-0.3, -0.25) is 0 Å². The minimum absolute atomic E-state index is 0.657. The molecule has 20 heavy (non-hydrogen) atoms. The number of halogens is 2. The van der Waals surface area contributed by atoms with Crippen molar-refractivity contribution in [3.8, 4) is 5.75 Å². The fraction of sp³-hybridized carbons (Fsp3) is 0.250. The average molecular weight is 355 g/mol.